The monoisotopic (exact) mass is 117 g/mol. The van der Waals surface area contributed by atoms with E-state index in [9.17, 15) is 4.79 Å². The maximum absolute atomic E-state index is 9.97. The first-order chi connectivity index (χ1) is 3.80. The van der Waals surface area contributed by atoms with E-state index in [1.807, 2.05) is 0 Å². The van der Waals surface area contributed by atoms with Crippen molar-refractivity contribution < 1.29 is 14.3 Å². The van der Waals surface area contributed by atoms with Gasteiger partial charge < -0.3 is 9.52 Å². The molecule has 0 radical (unpaired) electrons. The van der Waals surface area contributed by atoms with E-state index in [-0.39, 0.29) is 5.76 Å². The number of rotatable bonds is 1. The molecule has 1 N–H and O–H groups in total. The largest absolute Gasteiger partial charge is 0.475 e. The Hall–Kier alpha value is -1.25. The molecule has 8 heavy (non-hydrogen) atoms. The van der Waals surface area contributed by atoms with Crippen molar-refractivity contribution in [1.29, 1.82) is 0 Å². The predicted molar refractivity (Wildman–Crippen MR) is 25.7 cm³/mol. The summed E-state index contributed by atoms with van der Waals surface area (Å²) in [7, 11) is 0. The van der Waals surface area contributed by atoms with Gasteiger partial charge in [0.15, 0.2) is 0 Å². The Morgan fingerprint density at radius 1 is 1.75 bits per heavy atom. The lowest BCUT2D eigenvalue weighted by atomic mass is 11.4. The van der Waals surface area contributed by atoms with E-state index in [1.165, 1.54) is 18.4 Å². The first-order valence-corrected chi connectivity index (χ1v) is 2.07. The SMILES string of the molecule is O=[13C](O)[13c]1[13cH][13cH][13cH]o1. The van der Waals surface area contributed by atoms with Crippen molar-refractivity contribution in [2.75, 3.05) is 0 Å². The Kier molecular flexibility index (Phi) is 1.04. The Balaban J connectivity index is 2.93. The number of aromatic carboxylic acids is 1. The molecule has 1 aromatic rings. The minimum Gasteiger partial charge on any atom is -0.475 e. The highest BCUT2D eigenvalue weighted by Crippen LogP contribution is 1.97. The molecule has 42 valence electrons. The van der Waals surface area contributed by atoms with E-state index < -0.39 is 5.97 Å². The molecule has 0 spiro atoms. The second-order valence-electron chi connectivity index (χ2n) is 1.28. The number of furan rings is 1. The van der Waals surface area contributed by atoms with Crippen molar-refractivity contribution in [3.8, 4) is 0 Å². The lowest BCUT2D eigenvalue weighted by Crippen LogP contribution is -1.90. The second kappa shape index (κ2) is 1.69. The summed E-state index contributed by atoms with van der Waals surface area (Å²) in [5.74, 6) is -1.06. The van der Waals surface area contributed by atoms with Gasteiger partial charge in [-0.1, -0.05) is 0 Å². The van der Waals surface area contributed by atoms with Gasteiger partial charge in [-0.2, -0.15) is 0 Å². The van der Waals surface area contributed by atoms with Crippen LogP contribution in [0.2, 0.25) is 0 Å². The Morgan fingerprint density at radius 2 is 2.50 bits per heavy atom. The summed E-state index contributed by atoms with van der Waals surface area (Å²) in [6.45, 7) is 0. The molecule has 0 fully saturated rings. The highest BCUT2D eigenvalue weighted by Gasteiger charge is 2.01. The summed E-state index contributed by atoms with van der Waals surface area (Å²) in [5.41, 5.74) is 0. The van der Waals surface area contributed by atoms with Crippen molar-refractivity contribution in [2.24, 2.45) is 0 Å². The topological polar surface area (TPSA) is 50.4 Å². The highest BCUT2D eigenvalue weighted by molar-refractivity contribution is 5.84. The molecule has 0 aliphatic carbocycles. The molecule has 0 amide bonds. The molecular formula is C5H4O3. The summed E-state index contributed by atoms with van der Waals surface area (Å²) in [6, 6.07) is 2.92. The third kappa shape index (κ3) is 0.703. The summed E-state index contributed by atoms with van der Waals surface area (Å²) >= 11 is 0. The second-order valence-corrected chi connectivity index (χ2v) is 1.28. The van der Waals surface area contributed by atoms with E-state index in [4.69, 9.17) is 5.11 Å². The van der Waals surface area contributed by atoms with Gasteiger partial charge in [-0.15, -0.1) is 0 Å². The molecule has 0 unspecified atom stereocenters. The van der Waals surface area contributed by atoms with Crippen LogP contribution >= 0.6 is 0 Å². The van der Waals surface area contributed by atoms with Crippen LogP contribution in [0.4, 0.5) is 0 Å². The van der Waals surface area contributed by atoms with Crippen molar-refractivity contribution in [1.82, 2.24) is 0 Å². The molecule has 0 aliphatic heterocycles. The summed E-state index contributed by atoms with van der Waals surface area (Å²) in [4.78, 5) is 9.97. The first kappa shape index (κ1) is 4.90. The number of carboxylic acids is 1. The van der Waals surface area contributed by atoms with Gasteiger partial charge in [-0.3, -0.25) is 0 Å². The molecule has 3 heteroatoms. The zero-order chi connectivity index (χ0) is 5.98. The molecule has 0 bridgehead atoms. The van der Waals surface area contributed by atoms with Gasteiger partial charge >= 0.3 is 5.97 Å². The third-order valence-electron chi connectivity index (χ3n) is 0.732. The summed E-state index contributed by atoms with van der Waals surface area (Å²) < 4.78 is 4.50. The molecule has 3 nitrogen and oxygen atoms in total. The maximum Gasteiger partial charge on any atom is 0.371 e. The van der Waals surface area contributed by atoms with Gasteiger partial charge in [0.1, 0.15) is 0 Å². The smallest absolute Gasteiger partial charge is 0.371 e. The van der Waals surface area contributed by atoms with Crippen LogP contribution in [0.15, 0.2) is 22.8 Å². The Labute approximate surface area is 45.5 Å². The molecule has 0 atom stereocenters. The summed E-state index contributed by atoms with van der Waals surface area (Å²) in [6.07, 6.45) is 1.32. The van der Waals surface area contributed by atoms with Crippen LogP contribution in [-0.4, -0.2) is 11.1 Å². The number of carboxylic acid groups (broad SMARTS) is 1. The van der Waals surface area contributed by atoms with Crippen LogP contribution in [0.1, 0.15) is 10.6 Å². The molecule has 0 aliphatic rings. The molecule has 1 heterocycles. The summed E-state index contributed by atoms with van der Waals surface area (Å²) in [5, 5.41) is 8.18. The van der Waals surface area contributed by atoms with Crippen molar-refractivity contribution in [2.45, 2.75) is 0 Å². The van der Waals surface area contributed by atoms with E-state index >= 15 is 0 Å². The quantitative estimate of drug-likeness (QED) is 0.557. The van der Waals surface area contributed by atoms with Crippen molar-refractivity contribution >= 4 is 5.97 Å². The van der Waals surface area contributed by atoms with Crippen molar-refractivity contribution in [3.63, 3.8) is 0 Å². The lowest BCUT2D eigenvalue weighted by Gasteiger charge is -1.79. The standard InChI is InChI=1S/C5H4O3/c6-5(7)4-2-1-3-8-4/h1-3H,(H,6,7)/i1+1,2+1,3+1,4+1,5+1. The van der Waals surface area contributed by atoms with Crippen LogP contribution in [0.5, 0.6) is 0 Å². The van der Waals surface area contributed by atoms with Crippen LogP contribution in [0, 0.1) is 0 Å². The van der Waals surface area contributed by atoms with Gasteiger partial charge in [0.25, 0.3) is 0 Å². The van der Waals surface area contributed by atoms with Crippen LogP contribution in [0.25, 0.3) is 0 Å². The van der Waals surface area contributed by atoms with Crippen LogP contribution < -0.4 is 0 Å². The molecule has 0 saturated heterocycles. The molecular weight excluding hydrogens is 113 g/mol. The van der Waals surface area contributed by atoms with Gasteiger partial charge in [0.05, 0.1) is 6.26 Å². The van der Waals surface area contributed by atoms with Gasteiger partial charge in [-0.25, -0.2) is 4.79 Å². The Morgan fingerprint density at radius 3 is 2.75 bits per heavy atom. The molecule has 1 rings (SSSR count). The number of hydrogen-bond acceptors (Lipinski definition) is 2. The van der Waals surface area contributed by atoms with Crippen LogP contribution in [0.3, 0.4) is 0 Å². The molecule has 0 aromatic carbocycles. The minimum absolute atomic E-state index is 0.0231. The zero-order valence-electron chi connectivity index (χ0n) is 4.00. The molecule has 1 aromatic heterocycles. The minimum atomic E-state index is -1.03. The van der Waals surface area contributed by atoms with E-state index in [0.29, 0.717) is 0 Å². The predicted octanol–water partition coefficient (Wildman–Crippen LogP) is 0.978. The van der Waals surface area contributed by atoms with E-state index in [1.54, 1.807) is 0 Å². The maximum atomic E-state index is 9.97. The van der Waals surface area contributed by atoms with Gasteiger partial charge in [0.2, 0.25) is 5.76 Å². The fourth-order valence-electron chi connectivity index (χ4n) is 0.400. The van der Waals surface area contributed by atoms with E-state index in [2.05, 4.69) is 4.42 Å². The van der Waals surface area contributed by atoms with E-state index in [0.717, 1.165) is 0 Å². The normalized spacial score (nSPS) is 9.00. The number of hydrogen-bond donors (Lipinski definition) is 1. The van der Waals surface area contributed by atoms with Crippen LogP contribution in [-0.2, 0) is 0 Å². The number of carbonyl (C=O) groups is 1. The van der Waals surface area contributed by atoms with Gasteiger partial charge in [-0.05, 0) is 12.1 Å². The lowest BCUT2D eigenvalue weighted by molar-refractivity contribution is 0.0662. The zero-order valence-corrected chi connectivity index (χ0v) is 4.00. The fraction of sp³-hybridized carbons (Fsp3) is 0. The molecule has 0 saturated carbocycles. The highest BCUT2D eigenvalue weighted by atomic mass is 16.5. The Bertz CT molecular complexity index is 176. The van der Waals surface area contributed by atoms with Crippen molar-refractivity contribution in [3.05, 3.63) is 24.2 Å². The first-order valence-electron chi connectivity index (χ1n) is 2.07. The average Bonchev–Trinajstić information content (AvgIpc) is 2.12. The fourth-order valence-corrected chi connectivity index (χ4v) is 0.400. The average molecular weight is 117 g/mol. The third-order valence-corrected chi connectivity index (χ3v) is 0.732. The van der Waals surface area contributed by atoms with Gasteiger partial charge in [0, 0.05) is 0 Å².